The van der Waals surface area contributed by atoms with Crippen molar-refractivity contribution in [3.63, 3.8) is 0 Å². The van der Waals surface area contributed by atoms with Crippen molar-refractivity contribution < 1.29 is 9.59 Å². The molecule has 1 aliphatic carbocycles. The number of rotatable bonds is 8. The second-order valence-corrected chi connectivity index (χ2v) is 6.40. The molecule has 2 amide bonds. The molecular weight excluding hydrogens is 266 g/mol. The number of piperidine rings is 1. The van der Waals surface area contributed by atoms with E-state index in [4.69, 9.17) is 0 Å². The molecule has 21 heavy (non-hydrogen) atoms. The molecule has 0 bridgehead atoms. The Morgan fingerprint density at radius 1 is 1.24 bits per heavy atom. The average Bonchev–Trinajstić information content (AvgIpc) is 3.31. The van der Waals surface area contributed by atoms with Gasteiger partial charge in [0.2, 0.25) is 11.8 Å². The normalized spacial score (nSPS) is 22.1. The number of carbonyl (C=O) groups excluding carboxylic acids is 2. The van der Waals surface area contributed by atoms with E-state index < -0.39 is 0 Å². The van der Waals surface area contributed by atoms with Crippen LogP contribution < -0.4 is 10.6 Å². The van der Waals surface area contributed by atoms with Gasteiger partial charge < -0.3 is 15.5 Å². The molecule has 5 heteroatoms. The van der Waals surface area contributed by atoms with E-state index in [0.29, 0.717) is 13.1 Å². The van der Waals surface area contributed by atoms with Crippen LogP contribution in [-0.2, 0) is 9.59 Å². The van der Waals surface area contributed by atoms with Gasteiger partial charge in [-0.1, -0.05) is 13.3 Å². The van der Waals surface area contributed by atoms with Crippen LogP contribution in [0.15, 0.2) is 0 Å². The fraction of sp³-hybridized carbons (Fsp3) is 0.875. The highest BCUT2D eigenvalue weighted by Crippen LogP contribution is 2.27. The summed E-state index contributed by atoms with van der Waals surface area (Å²) in [4.78, 5) is 26.1. The predicted octanol–water partition coefficient (Wildman–Crippen LogP) is 1.14. The number of likely N-dealkylation sites (tertiary alicyclic amines) is 1. The lowest BCUT2D eigenvalue weighted by molar-refractivity contribution is -0.135. The van der Waals surface area contributed by atoms with Crippen LogP contribution in [0.2, 0.25) is 0 Å². The standard InChI is InChI=1S/C16H29N3O2/c1-2-3-8-18-16(21)14-5-4-9-19(12-14)15(20)11-17-10-13-6-7-13/h13-14,17H,2-12H2,1H3,(H,18,21). The summed E-state index contributed by atoms with van der Waals surface area (Å²) < 4.78 is 0. The van der Waals surface area contributed by atoms with Crippen molar-refractivity contribution in [3.05, 3.63) is 0 Å². The number of carbonyl (C=O) groups is 2. The second-order valence-electron chi connectivity index (χ2n) is 6.40. The lowest BCUT2D eigenvalue weighted by Crippen LogP contribution is -2.48. The van der Waals surface area contributed by atoms with Crippen molar-refractivity contribution in [2.24, 2.45) is 11.8 Å². The van der Waals surface area contributed by atoms with Crippen molar-refractivity contribution in [1.29, 1.82) is 0 Å². The van der Waals surface area contributed by atoms with Crippen LogP contribution in [0, 0.1) is 11.8 Å². The van der Waals surface area contributed by atoms with Crippen molar-refractivity contribution in [2.75, 3.05) is 32.7 Å². The van der Waals surface area contributed by atoms with E-state index in [1.807, 2.05) is 4.90 Å². The zero-order chi connectivity index (χ0) is 15.1. The number of hydrogen-bond acceptors (Lipinski definition) is 3. The Kier molecular flexibility index (Phi) is 6.49. The smallest absolute Gasteiger partial charge is 0.236 e. The number of unbranched alkanes of at least 4 members (excludes halogenated alkanes) is 1. The third kappa shape index (κ3) is 5.65. The summed E-state index contributed by atoms with van der Waals surface area (Å²) >= 11 is 0. The number of hydrogen-bond donors (Lipinski definition) is 2. The maximum atomic E-state index is 12.2. The first-order valence-electron chi connectivity index (χ1n) is 8.47. The second kappa shape index (κ2) is 8.37. The molecule has 0 radical (unpaired) electrons. The zero-order valence-electron chi connectivity index (χ0n) is 13.2. The Hall–Kier alpha value is -1.10. The van der Waals surface area contributed by atoms with E-state index in [1.54, 1.807) is 0 Å². The van der Waals surface area contributed by atoms with Crippen molar-refractivity contribution in [2.45, 2.75) is 45.4 Å². The predicted molar refractivity (Wildman–Crippen MR) is 82.8 cm³/mol. The Morgan fingerprint density at radius 2 is 2.05 bits per heavy atom. The molecule has 1 saturated heterocycles. The quantitative estimate of drug-likeness (QED) is 0.660. The van der Waals surface area contributed by atoms with Crippen molar-refractivity contribution in [1.82, 2.24) is 15.5 Å². The third-order valence-electron chi connectivity index (χ3n) is 4.38. The summed E-state index contributed by atoms with van der Waals surface area (Å²) in [6, 6.07) is 0. The molecule has 1 aliphatic heterocycles. The van der Waals surface area contributed by atoms with Crippen LogP contribution >= 0.6 is 0 Å². The van der Waals surface area contributed by atoms with Crippen molar-refractivity contribution in [3.8, 4) is 0 Å². The average molecular weight is 295 g/mol. The molecule has 1 atom stereocenters. The summed E-state index contributed by atoms with van der Waals surface area (Å²) in [5.41, 5.74) is 0. The summed E-state index contributed by atoms with van der Waals surface area (Å²) in [5.74, 6) is 1.02. The van der Waals surface area contributed by atoms with E-state index in [-0.39, 0.29) is 17.7 Å². The molecule has 2 aliphatic rings. The fourth-order valence-electron chi connectivity index (χ4n) is 2.77. The number of amides is 2. The van der Waals surface area contributed by atoms with E-state index in [2.05, 4.69) is 17.6 Å². The van der Waals surface area contributed by atoms with Crippen LogP contribution in [0.5, 0.6) is 0 Å². The zero-order valence-corrected chi connectivity index (χ0v) is 13.2. The van der Waals surface area contributed by atoms with Crippen LogP contribution in [0.3, 0.4) is 0 Å². The minimum Gasteiger partial charge on any atom is -0.356 e. The lowest BCUT2D eigenvalue weighted by atomic mass is 9.97. The monoisotopic (exact) mass is 295 g/mol. The maximum absolute atomic E-state index is 12.2. The van der Waals surface area contributed by atoms with Gasteiger partial charge in [-0.15, -0.1) is 0 Å². The first-order chi connectivity index (χ1) is 10.2. The number of nitrogens with zero attached hydrogens (tertiary/aromatic N) is 1. The molecule has 2 N–H and O–H groups in total. The van der Waals surface area contributed by atoms with Gasteiger partial charge in [0.25, 0.3) is 0 Å². The Balaban J connectivity index is 1.68. The molecule has 1 unspecified atom stereocenters. The first-order valence-corrected chi connectivity index (χ1v) is 8.47. The Labute approximate surface area is 127 Å². The van der Waals surface area contributed by atoms with Crippen LogP contribution in [0.1, 0.15) is 45.4 Å². The molecule has 0 aromatic carbocycles. The van der Waals surface area contributed by atoms with Crippen LogP contribution in [-0.4, -0.2) is 49.4 Å². The van der Waals surface area contributed by atoms with Gasteiger partial charge in [0.15, 0.2) is 0 Å². The molecule has 1 saturated carbocycles. The van der Waals surface area contributed by atoms with Crippen LogP contribution in [0.25, 0.3) is 0 Å². The summed E-state index contributed by atoms with van der Waals surface area (Å²) in [7, 11) is 0. The van der Waals surface area contributed by atoms with Gasteiger partial charge in [0, 0.05) is 19.6 Å². The highest BCUT2D eigenvalue weighted by Gasteiger charge is 2.28. The van der Waals surface area contributed by atoms with Gasteiger partial charge in [-0.3, -0.25) is 9.59 Å². The Bertz CT molecular complexity index is 355. The van der Waals surface area contributed by atoms with Gasteiger partial charge in [-0.25, -0.2) is 0 Å². The first kappa shape index (κ1) is 16.3. The maximum Gasteiger partial charge on any atom is 0.236 e. The topological polar surface area (TPSA) is 61.4 Å². The van der Waals surface area contributed by atoms with Gasteiger partial charge in [0.1, 0.15) is 0 Å². The van der Waals surface area contributed by atoms with Crippen molar-refractivity contribution >= 4 is 11.8 Å². The summed E-state index contributed by atoms with van der Waals surface area (Å²) in [6.45, 7) is 5.62. The molecule has 0 aromatic rings. The SMILES string of the molecule is CCCCNC(=O)C1CCCN(C(=O)CNCC2CC2)C1. The fourth-order valence-corrected chi connectivity index (χ4v) is 2.77. The molecule has 2 rings (SSSR count). The van der Waals surface area contributed by atoms with E-state index >= 15 is 0 Å². The highest BCUT2D eigenvalue weighted by molar-refractivity contribution is 5.82. The van der Waals surface area contributed by atoms with Gasteiger partial charge >= 0.3 is 0 Å². The molecule has 5 nitrogen and oxygen atoms in total. The van der Waals surface area contributed by atoms with Gasteiger partial charge in [0.05, 0.1) is 12.5 Å². The molecule has 0 spiro atoms. The minimum absolute atomic E-state index is 0.0250. The van der Waals surface area contributed by atoms with E-state index in [9.17, 15) is 9.59 Å². The molecule has 2 fully saturated rings. The molecule has 0 aromatic heterocycles. The molecule has 120 valence electrons. The highest BCUT2D eigenvalue weighted by atomic mass is 16.2. The van der Waals surface area contributed by atoms with E-state index in [0.717, 1.165) is 51.2 Å². The van der Waals surface area contributed by atoms with E-state index in [1.165, 1.54) is 12.8 Å². The van der Waals surface area contributed by atoms with Gasteiger partial charge in [-0.05, 0) is 44.6 Å². The lowest BCUT2D eigenvalue weighted by Gasteiger charge is -2.32. The van der Waals surface area contributed by atoms with Crippen LogP contribution in [0.4, 0.5) is 0 Å². The summed E-state index contributed by atoms with van der Waals surface area (Å²) in [6.07, 6.45) is 6.53. The minimum atomic E-state index is -0.0250. The largest absolute Gasteiger partial charge is 0.356 e. The molecular formula is C16H29N3O2. The van der Waals surface area contributed by atoms with Gasteiger partial charge in [-0.2, -0.15) is 0 Å². The summed E-state index contributed by atoms with van der Waals surface area (Å²) in [5, 5.41) is 6.23. The molecule has 1 heterocycles. The third-order valence-corrected chi connectivity index (χ3v) is 4.38. The number of nitrogens with one attached hydrogen (secondary N) is 2. The Morgan fingerprint density at radius 3 is 2.76 bits per heavy atom.